The minimum Gasteiger partial charge on any atom is -0.508 e. The van der Waals surface area contributed by atoms with E-state index in [2.05, 4.69) is 10.6 Å². The van der Waals surface area contributed by atoms with Crippen LogP contribution in [0.5, 0.6) is 23.0 Å². The summed E-state index contributed by atoms with van der Waals surface area (Å²) >= 11 is 0. The number of ether oxygens (including phenoxy) is 6. The zero-order valence-corrected chi connectivity index (χ0v) is 36.2. The van der Waals surface area contributed by atoms with Crippen LogP contribution in [0, 0.1) is 11.8 Å². The lowest BCUT2D eigenvalue weighted by atomic mass is 10.0. The van der Waals surface area contributed by atoms with Gasteiger partial charge in [0.1, 0.15) is 31.1 Å². The Labute approximate surface area is 367 Å². The Balaban J connectivity index is 1.33. The first kappa shape index (κ1) is 48.3. The first-order valence-corrected chi connectivity index (χ1v) is 20.3. The summed E-state index contributed by atoms with van der Waals surface area (Å²) < 4.78 is 32.7. The molecule has 2 atom stereocenters. The summed E-state index contributed by atoms with van der Waals surface area (Å²) in [5.74, 6) is -1.54. The van der Waals surface area contributed by atoms with E-state index in [1.807, 2.05) is 88.4 Å². The number of methoxy groups -OCH3 is 2. The van der Waals surface area contributed by atoms with Crippen LogP contribution in [0.4, 0.5) is 9.59 Å². The highest BCUT2D eigenvalue weighted by molar-refractivity contribution is 6.02. The number of aliphatic hydroxyl groups is 1. The van der Waals surface area contributed by atoms with Crippen molar-refractivity contribution in [2.75, 3.05) is 14.2 Å². The molecule has 0 aliphatic rings. The van der Waals surface area contributed by atoms with E-state index < -0.39 is 42.0 Å². The highest BCUT2D eigenvalue weighted by atomic mass is 16.6. The molecule has 0 heterocycles. The van der Waals surface area contributed by atoms with Crippen LogP contribution in [0.1, 0.15) is 62.8 Å². The molecule has 14 heteroatoms. The fraction of sp³-hybridized carbons (Fsp3) is 0.286. The van der Waals surface area contributed by atoms with Gasteiger partial charge >= 0.3 is 24.1 Å². The van der Waals surface area contributed by atoms with Crippen LogP contribution in [0.15, 0.2) is 121 Å². The molecule has 63 heavy (non-hydrogen) atoms. The number of hydrogen-bond acceptors (Lipinski definition) is 12. The first-order valence-electron chi connectivity index (χ1n) is 20.3. The zero-order chi connectivity index (χ0) is 45.7. The molecule has 0 aliphatic heterocycles. The molecule has 4 aromatic carbocycles. The molecule has 0 aromatic heterocycles. The second-order valence-electron chi connectivity index (χ2n) is 15.1. The summed E-state index contributed by atoms with van der Waals surface area (Å²) in [5.41, 5.74) is 2.69. The number of esters is 2. The number of carbonyl (C=O) groups excluding carboxylic acids is 5. The summed E-state index contributed by atoms with van der Waals surface area (Å²) in [6.45, 7) is 7.71. The van der Waals surface area contributed by atoms with Crippen LogP contribution in [-0.2, 0) is 37.1 Å². The first-order chi connectivity index (χ1) is 30.2. The monoisotopic (exact) mass is 862 g/mol. The van der Waals surface area contributed by atoms with Crippen molar-refractivity contribution in [2.24, 2.45) is 11.8 Å². The van der Waals surface area contributed by atoms with Crippen molar-refractivity contribution in [3.8, 4) is 23.0 Å². The molecule has 0 fully saturated rings. The van der Waals surface area contributed by atoms with Gasteiger partial charge in [-0.05, 0) is 83.3 Å². The molecule has 332 valence electrons. The second kappa shape index (κ2) is 24.8. The molecule has 0 bridgehead atoms. The largest absolute Gasteiger partial charge is 0.508 e. The second-order valence-corrected chi connectivity index (χ2v) is 15.1. The summed E-state index contributed by atoms with van der Waals surface area (Å²) in [4.78, 5) is 64.2. The van der Waals surface area contributed by atoms with Gasteiger partial charge in [0.05, 0.1) is 14.2 Å². The molecule has 4 rings (SSSR count). The fourth-order valence-electron chi connectivity index (χ4n) is 5.89. The van der Waals surface area contributed by atoms with Crippen molar-refractivity contribution < 1.29 is 57.5 Å². The van der Waals surface area contributed by atoms with Crippen molar-refractivity contribution in [1.29, 1.82) is 0 Å². The van der Waals surface area contributed by atoms with Gasteiger partial charge in [0.25, 0.3) is 0 Å². The molecule has 14 nitrogen and oxygen atoms in total. The minimum atomic E-state index is -0.990. The lowest BCUT2D eigenvalue weighted by Gasteiger charge is -2.20. The predicted octanol–water partition coefficient (Wildman–Crippen LogP) is 8.93. The van der Waals surface area contributed by atoms with E-state index in [4.69, 9.17) is 28.4 Å². The molecule has 0 saturated heterocycles. The van der Waals surface area contributed by atoms with Crippen LogP contribution in [0.3, 0.4) is 0 Å². The predicted molar refractivity (Wildman–Crippen MR) is 237 cm³/mol. The van der Waals surface area contributed by atoms with Gasteiger partial charge in [-0.15, -0.1) is 0 Å². The van der Waals surface area contributed by atoms with Gasteiger partial charge in [0.15, 0.2) is 28.8 Å². The van der Waals surface area contributed by atoms with Gasteiger partial charge in [-0.25, -0.2) is 19.2 Å². The third kappa shape index (κ3) is 16.9. The molecule has 0 radical (unpaired) electrons. The van der Waals surface area contributed by atoms with E-state index in [1.54, 1.807) is 24.3 Å². The number of alkyl carbamates (subject to hydrolysis) is 2. The Morgan fingerprint density at radius 1 is 0.571 bits per heavy atom. The van der Waals surface area contributed by atoms with Crippen LogP contribution < -0.4 is 29.6 Å². The van der Waals surface area contributed by atoms with E-state index in [0.29, 0.717) is 24.0 Å². The van der Waals surface area contributed by atoms with Crippen molar-refractivity contribution in [3.05, 3.63) is 143 Å². The van der Waals surface area contributed by atoms with Gasteiger partial charge in [-0.1, -0.05) is 113 Å². The Hall–Kier alpha value is -7.35. The summed E-state index contributed by atoms with van der Waals surface area (Å²) in [6.07, 6.45) is 5.68. The van der Waals surface area contributed by atoms with Gasteiger partial charge in [0.2, 0.25) is 0 Å². The Morgan fingerprint density at radius 2 is 0.984 bits per heavy atom. The van der Waals surface area contributed by atoms with Crippen molar-refractivity contribution >= 4 is 42.1 Å². The average molecular weight is 863 g/mol. The molecule has 0 saturated carbocycles. The third-order valence-electron chi connectivity index (χ3n) is 8.97. The number of hydrogen-bond donors (Lipinski definition) is 3. The summed E-state index contributed by atoms with van der Waals surface area (Å²) in [5, 5.41) is 15.7. The number of ketones is 1. The van der Waals surface area contributed by atoms with Crippen LogP contribution in [-0.4, -0.2) is 61.3 Å². The summed E-state index contributed by atoms with van der Waals surface area (Å²) in [7, 11) is 2.80. The standard InChI is InChI=1S/C49H54N2O12/c1-32(2)25-40(50-48(56)60-30-36-13-9-7-10-14-36)46(54)62-42-23-19-34(27-44(42)58-5)17-21-38(52)29-39(53)22-18-35-20-24-43(45(28-35)59-6)63-47(55)41(26-33(3)4)51-49(57)61-31-37-15-11-8-12-16-37/h7-24,27-29,32-33,40-41,52H,25-26,30-31H2,1-6H3,(H,50,56)(H,51,57)/b21-17+,22-18+,38-29-/t40-,41-/m0/s1. The highest BCUT2D eigenvalue weighted by Gasteiger charge is 2.27. The van der Waals surface area contributed by atoms with Crippen LogP contribution in [0.25, 0.3) is 12.2 Å². The number of amides is 2. The van der Waals surface area contributed by atoms with E-state index in [9.17, 15) is 29.1 Å². The number of benzene rings is 4. The lowest BCUT2D eigenvalue weighted by molar-refractivity contribution is -0.138. The van der Waals surface area contributed by atoms with Crippen molar-refractivity contribution in [2.45, 2.75) is 65.8 Å². The highest BCUT2D eigenvalue weighted by Crippen LogP contribution is 2.31. The Bertz CT molecular complexity index is 2250. The molecule has 2 amide bonds. The van der Waals surface area contributed by atoms with Gasteiger partial charge < -0.3 is 44.2 Å². The van der Waals surface area contributed by atoms with Crippen LogP contribution >= 0.6 is 0 Å². The smallest absolute Gasteiger partial charge is 0.408 e. The van der Waals surface area contributed by atoms with Crippen molar-refractivity contribution in [3.63, 3.8) is 0 Å². The average Bonchev–Trinajstić information content (AvgIpc) is 3.26. The quantitative estimate of drug-likeness (QED) is 0.0238. The number of nitrogens with one attached hydrogen (secondary N) is 2. The maximum Gasteiger partial charge on any atom is 0.408 e. The molecule has 0 spiro atoms. The topological polar surface area (TPSA) is 185 Å². The molecule has 0 unspecified atom stereocenters. The molecule has 4 aromatic rings. The van der Waals surface area contributed by atoms with Gasteiger partial charge in [-0.2, -0.15) is 0 Å². The maximum absolute atomic E-state index is 13.2. The zero-order valence-electron chi connectivity index (χ0n) is 36.2. The van der Waals surface area contributed by atoms with E-state index in [1.165, 1.54) is 50.7 Å². The van der Waals surface area contributed by atoms with Gasteiger partial charge in [0, 0.05) is 6.08 Å². The maximum atomic E-state index is 13.2. The lowest BCUT2D eigenvalue weighted by Crippen LogP contribution is -2.44. The Morgan fingerprint density at radius 3 is 1.38 bits per heavy atom. The molecular formula is C49H54N2O12. The van der Waals surface area contributed by atoms with E-state index in [-0.39, 0.29) is 53.8 Å². The normalized spacial score (nSPS) is 12.4. The number of allylic oxidation sites excluding steroid dienone is 3. The van der Waals surface area contributed by atoms with E-state index in [0.717, 1.165) is 17.2 Å². The fourth-order valence-corrected chi connectivity index (χ4v) is 5.89. The number of carbonyl (C=O) groups is 5. The van der Waals surface area contributed by atoms with Crippen molar-refractivity contribution in [1.82, 2.24) is 10.6 Å². The third-order valence-corrected chi connectivity index (χ3v) is 8.97. The summed E-state index contributed by atoms with van der Waals surface area (Å²) in [6, 6.07) is 25.7. The Kier molecular flexibility index (Phi) is 19.0. The van der Waals surface area contributed by atoms with E-state index >= 15 is 0 Å². The SMILES string of the molecule is COc1cc(/C=C/C(=O)/C=C(O)/C=C/c2ccc(OC(=O)[C@H](CC(C)C)NC(=O)OCc3ccccc3)c(OC)c2)ccc1OC(=O)[C@H](CC(C)C)NC(=O)OCc1ccccc1. The van der Waals surface area contributed by atoms with Crippen LogP contribution in [0.2, 0.25) is 0 Å². The minimum absolute atomic E-state index is 0.0394. The molecule has 3 N–H and O–H groups in total. The van der Waals surface area contributed by atoms with Gasteiger partial charge in [-0.3, -0.25) is 4.79 Å². The molecular weight excluding hydrogens is 809 g/mol. The number of aliphatic hydroxyl groups excluding tert-OH is 1. The molecule has 0 aliphatic carbocycles. The number of rotatable bonds is 21.